The number of aromatic nitrogens is 6. The lowest BCUT2D eigenvalue weighted by Crippen LogP contribution is -2.30. The van der Waals surface area contributed by atoms with Crippen LogP contribution in [-0.2, 0) is 0 Å². The van der Waals surface area contributed by atoms with Crippen molar-refractivity contribution in [3.8, 4) is 0 Å². The van der Waals surface area contributed by atoms with E-state index in [9.17, 15) is 14.4 Å². The van der Waals surface area contributed by atoms with E-state index in [1.807, 2.05) is 0 Å². The van der Waals surface area contributed by atoms with Crippen molar-refractivity contribution >= 4 is 11.2 Å². The Balaban J connectivity index is 0.000000224. The Hall–Kier alpha value is -3.35. The molecule has 3 aromatic heterocycles. The van der Waals surface area contributed by atoms with Crippen LogP contribution in [0.15, 0.2) is 33.1 Å². The highest BCUT2D eigenvalue weighted by molar-refractivity contribution is 5.67. The van der Waals surface area contributed by atoms with E-state index in [0.717, 1.165) is 0 Å². The third-order valence-corrected chi connectivity index (χ3v) is 2.06. The summed E-state index contributed by atoms with van der Waals surface area (Å²) in [7, 11) is 0. The summed E-state index contributed by atoms with van der Waals surface area (Å²) in [5.41, 5.74) is -2.48. The van der Waals surface area contributed by atoms with Crippen LogP contribution in [0.25, 0.3) is 16.1 Å². The van der Waals surface area contributed by atoms with Crippen LogP contribution in [0, 0.1) is 6.57 Å². The van der Waals surface area contributed by atoms with Crippen molar-refractivity contribution in [3.05, 3.63) is 61.6 Å². The van der Waals surface area contributed by atoms with Crippen molar-refractivity contribution in [2.75, 3.05) is 0 Å². The van der Waals surface area contributed by atoms with Gasteiger partial charge >= 0.3 is 16.9 Å². The van der Waals surface area contributed by atoms with Crippen LogP contribution >= 0.6 is 0 Å². The number of nitrogens with zero attached hydrogens (tertiary/aromatic N) is 3. The zero-order valence-electron chi connectivity index (χ0n) is 9.30. The molecule has 10 heteroatoms. The summed E-state index contributed by atoms with van der Waals surface area (Å²) in [4.78, 5) is 48.9. The first-order valence-electron chi connectivity index (χ1n) is 4.91. The van der Waals surface area contributed by atoms with Crippen LogP contribution in [0.3, 0.4) is 0 Å². The van der Waals surface area contributed by atoms with Crippen molar-refractivity contribution in [2.24, 2.45) is 0 Å². The molecule has 0 bridgehead atoms. The summed E-state index contributed by atoms with van der Waals surface area (Å²) < 4.78 is 0.298. The highest BCUT2D eigenvalue weighted by Crippen LogP contribution is 1.91. The minimum absolute atomic E-state index is 0.00935. The molecule has 0 aromatic carbocycles. The molecule has 0 unspecified atom stereocenters. The van der Waals surface area contributed by atoms with Gasteiger partial charge in [0, 0.05) is 12.4 Å². The largest absolute Gasteiger partial charge is 0.398 e. The van der Waals surface area contributed by atoms with Crippen molar-refractivity contribution in [3.63, 3.8) is 0 Å². The summed E-state index contributed by atoms with van der Waals surface area (Å²) in [5.74, 6) is 0. The molecule has 0 fully saturated rings. The molecular formula is C9H7N7O3. The second-order valence-corrected chi connectivity index (χ2v) is 3.24. The van der Waals surface area contributed by atoms with Gasteiger partial charge in [-0.1, -0.05) is 0 Å². The predicted molar refractivity (Wildman–Crippen MR) is 64.4 cm³/mol. The van der Waals surface area contributed by atoms with Crippen molar-refractivity contribution in [2.45, 2.75) is 0 Å². The van der Waals surface area contributed by atoms with Gasteiger partial charge in [-0.25, -0.2) is 14.6 Å². The van der Waals surface area contributed by atoms with E-state index < -0.39 is 16.9 Å². The van der Waals surface area contributed by atoms with E-state index in [1.54, 1.807) is 18.7 Å². The molecule has 0 atom stereocenters. The Labute approximate surface area is 103 Å². The number of aromatic amines is 4. The summed E-state index contributed by atoms with van der Waals surface area (Å²) in [6.45, 7) is 6.57. The third-order valence-electron chi connectivity index (χ3n) is 2.06. The molecule has 10 nitrogen and oxygen atoms in total. The van der Waals surface area contributed by atoms with Crippen LogP contribution in [0.4, 0.5) is 0 Å². The van der Waals surface area contributed by atoms with Crippen molar-refractivity contribution in [1.29, 1.82) is 0 Å². The molecule has 0 amide bonds. The minimum atomic E-state index is -0.882. The Morgan fingerprint density at radius 3 is 2.53 bits per heavy atom. The first-order valence-corrected chi connectivity index (χ1v) is 4.91. The van der Waals surface area contributed by atoms with Gasteiger partial charge in [0.2, 0.25) is 0 Å². The number of H-pyrrole nitrogens is 4. The van der Waals surface area contributed by atoms with Crippen LogP contribution in [-0.4, -0.2) is 29.6 Å². The van der Waals surface area contributed by atoms with E-state index >= 15 is 0 Å². The number of rotatable bonds is 0. The Morgan fingerprint density at radius 2 is 2.00 bits per heavy atom. The molecule has 3 aromatic rings. The predicted octanol–water partition coefficient (Wildman–Crippen LogP) is -1.20. The molecule has 3 heterocycles. The fourth-order valence-corrected chi connectivity index (χ4v) is 1.30. The molecule has 0 spiro atoms. The standard InChI is InChI=1S/C6H3N5O3.C3H4N2/c1-7-11-4(12)2-3(10-6(11)14)9-5(13)8-2;1-2-5-3-4-1/h(H,10,14)(H2,8,9,13);1-3H,(H,4,5). The van der Waals surface area contributed by atoms with E-state index in [0.29, 0.717) is 4.68 Å². The Bertz CT molecular complexity index is 870. The van der Waals surface area contributed by atoms with E-state index in [2.05, 4.69) is 29.9 Å². The molecule has 0 saturated carbocycles. The molecular weight excluding hydrogens is 254 g/mol. The first kappa shape index (κ1) is 12.1. The number of hydrogen-bond acceptors (Lipinski definition) is 4. The fourth-order valence-electron chi connectivity index (χ4n) is 1.30. The molecule has 0 aliphatic heterocycles. The average molecular weight is 261 g/mol. The maximum absolute atomic E-state index is 11.3. The molecule has 0 aliphatic rings. The van der Waals surface area contributed by atoms with E-state index in [-0.39, 0.29) is 11.2 Å². The zero-order chi connectivity index (χ0) is 13.8. The number of nitrogens with one attached hydrogen (secondary N) is 4. The zero-order valence-corrected chi connectivity index (χ0v) is 9.30. The maximum atomic E-state index is 11.3. The molecule has 0 radical (unpaired) electrons. The summed E-state index contributed by atoms with van der Waals surface area (Å²) in [6.07, 6.45) is 5.08. The fraction of sp³-hybridized carbons (Fsp3) is 0. The van der Waals surface area contributed by atoms with E-state index in [1.165, 1.54) is 0 Å². The summed E-state index contributed by atoms with van der Waals surface area (Å²) >= 11 is 0. The van der Waals surface area contributed by atoms with Crippen LogP contribution < -0.4 is 16.9 Å². The minimum Gasteiger partial charge on any atom is -0.351 e. The van der Waals surface area contributed by atoms with Gasteiger partial charge in [-0.3, -0.25) is 19.7 Å². The van der Waals surface area contributed by atoms with E-state index in [4.69, 9.17) is 6.57 Å². The van der Waals surface area contributed by atoms with Crippen LogP contribution in [0.1, 0.15) is 0 Å². The van der Waals surface area contributed by atoms with Gasteiger partial charge in [0.05, 0.1) is 11.0 Å². The van der Waals surface area contributed by atoms with Gasteiger partial charge in [-0.15, -0.1) is 4.95 Å². The number of fused-ring (bicyclic) bond motifs is 1. The average Bonchev–Trinajstić information content (AvgIpc) is 3.01. The van der Waals surface area contributed by atoms with Gasteiger partial charge in [0.1, 0.15) is 5.65 Å². The van der Waals surface area contributed by atoms with Gasteiger partial charge < -0.3 is 4.98 Å². The molecule has 96 valence electrons. The third kappa shape index (κ3) is 2.34. The normalized spacial score (nSPS) is 9.63. The highest BCUT2D eigenvalue weighted by atomic mass is 16.2. The molecule has 0 saturated heterocycles. The quantitative estimate of drug-likeness (QED) is 0.378. The SMILES string of the molecule is [C-]#[N+]n1c(=O)[nH]c2[nH]c(=O)[nH]c2c1=O.c1c[nH]cn1. The van der Waals surface area contributed by atoms with Gasteiger partial charge in [-0.05, 0) is 0 Å². The highest BCUT2D eigenvalue weighted by Gasteiger charge is 2.12. The first-order chi connectivity index (χ1) is 9.13. The smallest absolute Gasteiger partial charge is 0.351 e. The van der Waals surface area contributed by atoms with Crippen molar-refractivity contribution < 1.29 is 0 Å². The summed E-state index contributed by atoms with van der Waals surface area (Å²) in [6, 6.07) is 0. The maximum Gasteiger partial charge on any atom is 0.398 e. The topological polar surface area (TPSA) is 137 Å². The van der Waals surface area contributed by atoms with Gasteiger partial charge in [0.25, 0.3) is 0 Å². The number of hydrogen-bond donors (Lipinski definition) is 4. The van der Waals surface area contributed by atoms with Gasteiger partial charge in [-0.2, -0.15) is 6.57 Å². The van der Waals surface area contributed by atoms with Gasteiger partial charge in [0.15, 0.2) is 5.52 Å². The van der Waals surface area contributed by atoms with Crippen LogP contribution in [0.2, 0.25) is 0 Å². The second-order valence-electron chi connectivity index (χ2n) is 3.24. The van der Waals surface area contributed by atoms with Crippen molar-refractivity contribution in [1.82, 2.24) is 29.6 Å². The summed E-state index contributed by atoms with van der Waals surface area (Å²) in [5, 5.41) is 0. The Morgan fingerprint density at radius 1 is 1.21 bits per heavy atom. The Kier molecular flexibility index (Phi) is 3.11. The second kappa shape index (κ2) is 4.88. The molecule has 3 rings (SSSR count). The lowest BCUT2D eigenvalue weighted by atomic mass is 10.5. The molecule has 0 aliphatic carbocycles. The molecule has 19 heavy (non-hydrogen) atoms. The lowest BCUT2D eigenvalue weighted by Gasteiger charge is -1.87. The number of imidazole rings is 2. The monoisotopic (exact) mass is 261 g/mol. The lowest BCUT2D eigenvalue weighted by molar-refractivity contribution is 0.891. The van der Waals surface area contributed by atoms with Crippen LogP contribution in [0.5, 0.6) is 0 Å². The molecule has 4 N–H and O–H groups in total.